The molecule has 3 aliphatic carbocycles. The number of rotatable bonds is 0. The van der Waals surface area contributed by atoms with Crippen LogP contribution in [0.5, 0.6) is 0 Å². The summed E-state index contributed by atoms with van der Waals surface area (Å²) in [4.78, 5) is 0. The molecule has 3 aliphatic rings. The highest BCUT2D eigenvalue weighted by atomic mass is 14.4. The molecule has 1 unspecified atom stereocenters. The van der Waals surface area contributed by atoms with Crippen molar-refractivity contribution >= 4 is 0 Å². The predicted octanol–water partition coefficient (Wildman–Crippen LogP) is 2.61. The Balaban J connectivity index is 2.22. The fraction of sp³-hybridized carbons (Fsp3) is 0.778. The average molecular weight is 122 g/mol. The van der Waals surface area contributed by atoms with Crippen molar-refractivity contribution in [1.29, 1.82) is 0 Å². The largest absolute Gasteiger partial charge is 0.0850 e. The van der Waals surface area contributed by atoms with Gasteiger partial charge in [0.2, 0.25) is 0 Å². The van der Waals surface area contributed by atoms with E-state index in [1.54, 1.807) is 5.57 Å². The van der Waals surface area contributed by atoms with E-state index in [4.69, 9.17) is 0 Å². The lowest BCUT2D eigenvalue weighted by Crippen LogP contribution is -2.37. The number of allylic oxidation sites excluding steroid dienone is 2. The molecule has 9 heavy (non-hydrogen) atoms. The Hall–Kier alpha value is -0.260. The average Bonchev–Trinajstić information content (AvgIpc) is 1.86. The summed E-state index contributed by atoms with van der Waals surface area (Å²) in [5, 5.41) is 0. The highest BCUT2D eigenvalue weighted by Gasteiger charge is 2.40. The Morgan fingerprint density at radius 1 is 1.56 bits per heavy atom. The molecule has 3 atom stereocenters. The smallest absolute Gasteiger partial charge is 0.0175 e. The Morgan fingerprint density at radius 3 is 2.67 bits per heavy atom. The van der Waals surface area contributed by atoms with E-state index in [1.165, 1.54) is 12.8 Å². The lowest BCUT2D eigenvalue weighted by Gasteiger charge is -2.47. The molecule has 1 saturated carbocycles. The van der Waals surface area contributed by atoms with Crippen LogP contribution < -0.4 is 0 Å². The predicted molar refractivity (Wildman–Crippen MR) is 39.1 cm³/mol. The van der Waals surface area contributed by atoms with Crippen molar-refractivity contribution in [3.05, 3.63) is 11.6 Å². The standard InChI is InChI=1S/C9H14/c1-6-3-4-8-5-9(6)7(8)2/h3,7-9H,4-5H2,1-2H3/t7-,8?,9-/m0/s1. The number of fused-ring (bicyclic) bond motifs is 1. The third-order valence-corrected chi connectivity index (χ3v) is 3.26. The minimum absolute atomic E-state index is 0.976. The van der Waals surface area contributed by atoms with Gasteiger partial charge in [0.25, 0.3) is 0 Å². The SMILES string of the molecule is CC1=CCC2C[C@@H]1[C@H]2C. The maximum Gasteiger partial charge on any atom is -0.0175 e. The topological polar surface area (TPSA) is 0 Å². The third-order valence-electron chi connectivity index (χ3n) is 3.26. The van der Waals surface area contributed by atoms with Crippen molar-refractivity contribution in [3.63, 3.8) is 0 Å². The van der Waals surface area contributed by atoms with Gasteiger partial charge in [-0.3, -0.25) is 0 Å². The Bertz CT molecular complexity index is 155. The molecule has 0 N–H and O–H groups in total. The first-order chi connectivity index (χ1) is 4.29. The van der Waals surface area contributed by atoms with Crippen molar-refractivity contribution in [3.8, 4) is 0 Å². The van der Waals surface area contributed by atoms with Crippen LogP contribution in [0.1, 0.15) is 26.7 Å². The monoisotopic (exact) mass is 122 g/mol. The van der Waals surface area contributed by atoms with Gasteiger partial charge in [-0.1, -0.05) is 18.6 Å². The summed E-state index contributed by atoms with van der Waals surface area (Å²) < 4.78 is 0. The van der Waals surface area contributed by atoms with Crippen LogP contribution in [0.25, 0.3) is 0 Å². The molecule has 50 valence electrons. The highest BCUT2D eigenvalue weighted by molar-refractivity contribution is 5.16. The van der Waals surface area contributed by atoms with E-state index in [0.717, 1.165) is 17.8 Å². The van der Waals surface area contributed by atoms with E-state index in [9.17, 15) is 0 Å². The molecular formula is C9H14. The third kappa shape index (κ3) is 0.593. The van der Waals surface area contributed by atoms with Gasteiger partial charge in [-0.25, -0.2) is 0 Å². The maximum absolute atomic E-state index is 2.43. The van der Waals surface area contributed by atoms with Crippen LogP contribution in [0, 0.1) is 17.8 Å². The van der Waals surface area contributed by atoms with Crippen molar-refractivity contribution in [1.82, 2.24) is 0 Å². The summed E-state index contributed by atoms with van der Waals surface area (Å²) >= 11 is 0. The lowest BCUT2D eigenvalue weighted by molar-refractivity contribution is 0.104. The van der Waals surface area contributed by atoms with Gasteiger partial charge in [0.05, 0.1) is 0 Å². The molecule has 0 aromatic heterocycles. The Morgan fingerprint density at radius 2 is 2.33 bits per heavy atom. The second kappa shape index (κ2) is 1.62. The van der Waals surface area contributed by atoms with E-state index >= 15 is 0 Å². The zero-order valence-electron chi connectivity index (χ0n) is 6.22. The normalized spacial score (nSPS) is 47.8. The van der Waals surface area contributed by atoms with E-state index in [1.807, 2.05) is 0 Å². The van der Waals surface area contributed by atoms with Crippen LogP contribution in [-0.4, -0.2) is 0 Å². The lowest BCUT2D eigenvalue weighted by atomic mass is 9.58. The second-order valence-corrected chi connectivity index (χ2v) is 3.65. The molecule has 0 aromatic carbocycles. The van der Waals surface area contributed by atoms with Crippen LogP contribution in [0.3, 0.4) is 0 Å². The minimum atomic E-state index is 0.976. The molecule has 1 fully saturated rings. The first-order valence-corrected chi connectivity index (χ1v) is 3.95. The molecular weight excluding hydrogens is 108 g/mol. The summed E-state index contributed by atoms with van der Waals surface area (Å²) in [5.74, 6) is 3.04. The van der Waals surface area contributed by atoms with Crippen LogP contribution in [0.4, 0.5) is 0 Å². The summed E-state index contributed by atoms with van der Waals surface area (Å²) in [6.45, 7) is 4.69. The van der Waals surface area contributed by atoms with Gasteiger partial charge >= 0.3 is 0 Å². The van der Waals surface area contributed by atoms with Crippen LogP contribution >= 0.6 is 0 Å². The van der Waals surface area contributed by atoms with Gasteiger partial charge in [-0.2, -0.15) is 0 Å². The van der Waals surface area contributed by atoms with E-state index in [0.29, 0.717) is 0 Å². The van der Waals surface area contributed by atoms with Crippen LogP contribution in [-0.2, 0) is 0 Å². The molecule has 3 rings (SSSR count). The molecule has 0 spiro atoms. The van der Waals surface area contributed by atoms with Gasteiger partial charge < -0.3 is 0 Å². The summed E-state index contributed by atoms with van der Waals surface area (Å²) in [6.07, 6.45) is 5.28. The van der Waals surface area contributed by atoms with Gasteiger partial charge in [-0.15, -0.1) is 0 Å². The van der Waals surface area contributed by atoms with Crippen molar-refractivity contribution in [2.45, 2.75) is 26.7 Å². The van der Waals surface area contributed by atoms with Gasteiger partial charge in [0.1, 0.15) is 0 Å². The van der Waals surface area contributed by atoms with Crippen molar-refractivity contribution in [2.75, 3.05) is 0 Å². The van der Waals surface area contributed by atoms with Gasteiger partial charge in [0, 0.05) is 0 Å². The van der Waals surface area contributed by atoms with E-state index in [-0.39, 0.29) is 0 Å². The first kappa shape index (κ1) is 5.52. The van der Waals surface area contributed by atoms with Crippen molar-refractivity contribution < 1.29 is 0 Å². The fourth-order valence-corrected chi connectivity index (χ4v) is 2.29. The fourth-order valence-electron chi connectivity index (χ4n) is 2.29. The molecule has 0 aliphatic heterocycles. The number of hydrogen-bond acceptors (Lipinski definition) is 0. The molecule has 0 aromatic rings. The first-order valence-electron chi connectivity index (χ1n) is 3.95. The van der Waals surface area contributed by atoms with Gasteiger partial charge in [-0.05, 0) is 37.5 Å². The minimum Gasteiger partial charge on any atom is -0.0850 e. The molecule has 0 heteroatoms. The zero-order chi connectivity index (χ0) is 6.43. The zero-order valence-corrected chi connectivity index (χ0v) is 6.22. The molecule has 2 bridgehead atoms. The number of hydrogen-bond donors (Lipinski definition) is 0. The molecule has 0 radical (unpaired) electrons. The van der Waals surface area contributed by atoms with Crippen molar-refractivity contribution in [2.24, 2.45) is 17.8 Å². The second-order valence-electron chi connectivity index (χ2n) is 3.65. The summed E-state index contributed by atoms with van der Waals surface area (Å²) in [7, 11) is 0. The summed E-state index contributed by atoms with van der Waals surface area (Å²) in [6, 6.07) is 0. The van der Waals surface area contributed by atoms with Crippen LogP contribution in [0.15, 0.2) is 11.6 Å². The quantitative estimate of drug-likeness (QED) is 0.433. The highest BCUT2D eigenvalue weighted by Crippen LogP contribution is 2.49. The Kier molecular flexibility index (Phi) is 0.992. The molecule has 0 amide bonds. The van der Waals surface area contributed by atoms with Crippen LogP contribution in [0.2, 0.25) is 0 Å². The maximum atomic E-state index is 2.43. The van der Waals surface area contributed by atoms with E-state index in [2.05, 4.69) is 19.9 Å². The van der Waals surface area contributed by atoms with Gasteiger partial charge in [0.15, 0.2) is 0 Å². The summed E-state index contributed by atoms with van der Waals surface area (Å²) in [5.41, 5.74) is 1.66. The molecule has 0 heterocycles. The molecule has 0 saturated heterocycles. The Labute approximate surface area is 57.0 Å². The van der Waals surface area contributed by atoms with E-state index < -0.39 is 0 Å². The molecule has 0 nitrogen and oxygen atoms in total.